The summed E-state index contributed by atoms with van der Waals surface area (Å²) in [6, 6.07) is 9.56. The summed E-state index contributed by atoms with van der Waals surface area (Å²) in [5.74, 6) is 1.87. The van der Waals surface area contributed by atoms with Crippen LogP contribution in [0.2, 0.25) is 0 Å². The maximum absolute atomic E-state index is 13.4. The Kier molecular flexibility index (Phi) is 4.19. The molecule has 29 heavy (non-hydrogen) atoms. The van der Waals surface area contributed by atoms with Crippen LogP contribution in [0.3, 0.4) is 0 Å². The molecular weight excluding hydrogens is 368 g/mol. The van der Waals surface area contributed by atoms with E-state index < -0.39 is 0 Å². The molecule has 3 heterocycles. The van der Waals surface area contributed by atoms with Crippen molar-refractivity contribution in [3.8, 4) is 11.5 Å². The van der Waals surface area contributed by atoms with Gasteiger partial charge in [0, 0.05) is 25.7 Å². The minimum absolute atomic E-state index is 0.0436. The van der Waals surface area contributed by atoms with E-state index in [0.717, 1.165) is 46.8 Å². The molecule has 1 aromatic carbocycles. The summed E-state index contributed by atoms with van der Waals surface area (Å²) < 4.78 is 13.6. The molecule has 0 radical (unpaired) electrons. The van der Waals surface area contributed by atoms with E-state index in [1.54, 1.807) is 16.6 Å². The third kappa shape index (κ3) is 3.20. The average molecular weight is 392 g/mol. The van der Waals surface area contributed by atoms with Crippen LogP contribution in [0.5, 0.6) is 11.5 Å². The molecule has 1 atom stereocenters. The minimum atomic E-state index is -0.214. The van der Waals surface area contributed by atoms with Crippen LogP contribution in [0.1, 0.15) is 40.5 Å². The number of amides is 1. The maximum Gasteiger partial charge on any atom is 0.254 e. The quantitative estimate of drug-likeness (QED) is 0.683. The van der Waals surface area contributed by atoms with Crippen LogP contribution in [0.25, 0.3) is 11.0 Å². The van der Waals surface area contributed by atoms with Crippen molar-refractivity contribution in [2.24, 2.45) is 7.05 Å². The van der Waals surface area contributed by atoms with Crippen molar-refractivity contribution in [3.63, 3.8) is 0 Å². The Hall–Kier alpha value is -3.09. The molecule has 0 spiro atoms. The molecule has 0 N–H and O–H groups in total. The van der Waals surface area contributed by atoms with Crippen LogP contribution >= 0.6 is 0 Å². The molecule has 1 amide bonds. The second-order valence-electron chi connectivity index (χ2n) is 7.96. The third-order valence-corrected chi connectivity index (χ3v) is 5.61. The predicted molar refractivity (Wildman–Crippen MR) is 109 cm³/mol. The number of ether oxygens (including phenoxy) is 2. The van der Waals surface area contributed by atoms with Crippen LogP contribution in [-0.2, 0) is 7.05 Å². The molecule has 150 valence electrons. The van der Waals surface area contributed by atoms with E-state index in [4.69, 9.17) is 14.5 Å². The summed E-state index contributed by atoms with van der Waals surface area (Å²) in [5, 5.41) is 5.33. The van der Waals surface area contributed by atoms with Gasteiger partial charge in [-0.05, 0) is 38.0 Å². The second kappa shape index (κ2) is 6.76. The first-order chi connectivity index (χ1) is 14.0. The van der Waals surface area contributed by atoms with Gasteiger partial charge in [-0.2, -0.15) is 5.10 Å². The fourth-order valence-corrected chi connectivity index (χ4v) is 3.97. The Balaban J connectivity index is 1.42. The monoisotopic (exact) mass is 392 g/mol. The fraction of sp³-hybridized carbons (Fsp3) is 0.409. The van der Waals surface area contributed by atoms with Gasteiger partial charge >= 0.3 is 0 Å². The maximum atomic E-state index is 13.4. The number of benzene rings is 1. The van der Waals surface area contributed by atoms with E-state index in [-0.39, 0.29) is 12.0 Å². The van der Waals surface area contributed by atoms with Gasteiger partial charge in [0.05, 0.1) is 23.2 Å². The van der Waals surface area contributed by atoms with Gasteiger partial charge in [0.2, 0.25) is 0 Å². The molecule has 2 aliphatic rings. The Morgan fingerprint density at radius 3 is 2.79 bits per heavy atom. The number of aryl methyl sites for hydroxylation is 2. The number of aromatic nitrogens is 3. The second-order valence-corrected chi connectivity index (χ2v) is 7.96. The first-order valence-corrected chi connectivity index (χ1v) is 9.99. The van der Waals surface area contributed by atoms with Gasteiger partial charge in [0.1, 0.15) is 6.61 Å². The summed E-state index contributed by atoms with van der Waals surface area (Å²) >= 11 is 0. The molecule has 2 aromatic heterocycles. The van der Waals surface area contributed by atoms with Crippen molar-refractivity contribution in [1.82, 2.24) is 19.7 Å². The lowest BCUT2D eigenvalue weighted by Crippen LogP contribution is -2.41. The standard InChI is InChI=1S/C22H24N4O3/c1-13-20-16(10-17(14-8-9-14)23-21(20)26(3)24-13)22(27)25(2)11-15-12-28-18-6-4-5-7-19(18)29-15/h4-7,10,14-15H,8-9,11-12H2,1-3H3/t15-/m1/s1. The number of rotatable bonds is 4. The van der Waals surface area contributed by atoms with Gasteiger partial charge < -0.3 is 14.4 Å². The summed E-state index contributed by atoms with van der Waals surface area (Å²) in [6.45, 7) is 2.78. The van der Waals surface area contributed by atoms with E-state index in [0.29, 0.717) is 24.6 Å². The normalized spacial score (nSPS) is 18.1. The molecule has 7 heteroatoms. The summed E-state index contributed by atoms with van der Waals surface area (Å²) in [5.41, 5.74) is 3.25. The summed E-state index contributed by atoms with van der Waals surface area (Å²) in [7, 11) is 3.68. The highest BCUT2D eigenvalue weighted by Gasteiger charge is 2.30. The molecule has 5 rings (SSSR count). The molecule has 0 saturated heterocycles. The Morgan fingerprint density at radius 1 is 1.28 bits per heavy atom. The number of carbonyl (C=O) groups excluding carboxylic acids is 1. The summed E-state index contributed by atoms with van der Waals surface area (Å²) in [4.78, 5) is 19.9. The van der Waals surface area contributed by atoms with E-state index in [1.165, 1.54) is 0 Å². The van der Waals surface area contributed by atoms with E-state index >= 15 is 0 Å². The lowest BCUT2D eigenvalue weighted by atomic mass is 10.1. The fourth-order valence-electron chi connectivity index (χ4n) is 3.97. The van der Waals surface area contributed by atoms with Crippen molar-refractivity contribution in [3.05, 3.63) is 47.3 Å². The highest BCUT2D eigenvalue weighted by atomic mass is 16.6. The molecule has 1 fully saturated rings. The van der Waals surface area contributed by atoms with Gasteiger partial charge in [0.25, 0.3) is 5.91 Å². The number of pyridine rings is 1. The van der Waals surface area contributed by atoms with Crippen molar-refractivity contribution in [1.29, 1.82) is 0 Å². The highest BCUT2D eigenvalue weighted by molar-refractivity contribution is 6.06. The van der Waals surface area contributed by atoms with Crippen molar-refractivity contribution >= 4 is 16.9 Å². The molecule has 1 saturated carbocycles. The summed E-state index contributed by atoms with van der Waals surface area (Å²) in [6.07, 6.45) is 2.05. The molecule has 0 bridgehead atoms. The molecule has 0 unspecified atom stereocenters. The number of fused-ring (bicyclic) bond motifs is 2. The van der Waals surface area contributed by atoms with Gasteiger partial charge in [-0.25, -0.2) is 4.98 Å². The molecule has 1 aliphatic carbocycles. The van der Waals surface area contributed by atoms with Gasteiger partial charge in [-0.3, -0.25) is 9.48 Å². The zero-order valence-electron chi connectivity index (χ0n) is 16.9. The number of carbonyl (C=O) groups is 1. The van der Waals surface area contributed by atoms with Crippen LogP contribution in [0.15, 0.2) is 30.3 Å². The Labute approximate surface area is 169 Å². The third-order valence-electron chi connectivity index (χ3n) is 5.61. The van der Waals surface area contributed by atoms with Gasteiger partial charge in [-0.1, -0.05) is 12.1 Å². The molecule has 7 nitrogen and oxygen atoms in total. The lowest BCUT2D eigenvalue weighted by Gasteiger charge is -2.29. The predicted octanol–water partition coefficient (Wildman–Crippen LogP) is 3.07. The zero-order chi connectivity index (χ0) is 20.1. The number of nitrogens with zero attached hydrogens (tertiary/aromatic N) is 4. The van der Waals surface area contributed by atoms with Crippen molar-refractivity contribution in [2.75, 3.05) is 20.2 Å². The molecule has 1 aliphatic heterocycles. The number of hydrogen-bond donors (Lipinski definition) is 0. The van der Waals surface area contributed by atoms with Gasteiger partial charge in [-0.15, -0.1) is 0 Å². The highest BCUT2D eigenvalue weighted by Crippen LogP contribution is 2.40. The van der Waals surface area contributed by atoms with Crippen LogP contribution < -0.4 is 9.47 Å². The molecular formula is C22H24N4O3. The number of hydrogen-bond acceptors (Lipinski definition) is 5. The minimum Gasteiger partial charge on any atom is -0.486 e. The topological polar surface area (TPSA) is 69.5 Å². The number of likely N-dealkylation sites (N-methyl/N-ethyl adjacent to an activating group) is 1. The average Bonchev–Trinajstić information content (AvgIpc) is 3.53. The van der Waals surface area contributed by atoms with Crippen molar-refractivity contribution < 1.29 is 14.3 Å². The van der Waals surface area contributed by atoms with Crippen LogP contribution in [0, 0.1) is 6.92 Å². The van der Waals surface area contributed by atoms with Crippen molar-refractivity contribution in [2.45, 2.75) is 31.8 Å². The SMILES string of the molecule is Cc1nn(C)c2nc(C3CC3)cc(C(=O)N(C)C[C@@H]3COc4ccccc4O3)c12. The Bertz CT molecular complexity index is 1100. The first-order valence-electron chi connectivity index (χ1n) is 9.99. The Morgan fingerprint density at radius 2 is 2.03 bits per heavy atom. The van der Waals surface area contributed by atoms with Crippen LogP contribution in [0.4, 0.5) is 0 Å². The van der Waals surface area contributed by atoms with Gasteiger partial charge in [0.15, 0.2) is 23.3 Å². The number of para-hydroxylation sites is 2. The zero-order valence-corrected chi connectivity index (χ0v) is 16.9. The lowest BCUT2D eigenvalue weighted by molar-refractivity contribution is 0.0522. The molecule has 3 aromatic rings. The smallest absolute Gasteiger partial charge is 0.254 e. The first kappa shape index (κ1) is 18.0. The van der Waals surface area contributed by atoms with Crippen LogP contribution in [-0.4, -0.2) is 51.9 Å². The van der Waals surface area contributed by atoms with E-state index in [9.17, 15) is 4.79 Å². The largest absolute Gasteiger partial charge is 0.486 e. The van der Waals surface area contributed by atoms with E-state index in [2.05, 4.69) is 5.10 Å². The van der Waals surface area contributed by atoms with E-state index in [1.807, 2.05) is 44.3 Å².